The Labute approximate surface area is 103 Å². The minimum absolute atomic E-state index is 0.248. The molecule has 0 spiro atoms. The van der Waals surface area contributed by atoms with Gasteiger partial charge in [0.25, 0.3) is 0 Å². The van der Waals surface area contributed by atoms with Crippen LogP contribution in [0.15, 0.2) is 12.3 Å². The molecule has 0 radical (unpaired) electrons. The van der Waals surface area contributed by atoms with Crippen LogP contribution in [-0.4, -0.2) is 25.7 Å². The van der Waals surface area contributed by atoms with Gasteiger partial charge in [-0.05, 0) is 13.3 Å². The average Bonchev–Trinajstić information content (AvgIpc) is 2.31. The Bertz CT molecular complexity index is 219. The van der Waals surface area contributed by atoms with Gasteiger partial charge in [0.1, 0.15) is 6.10 Å². The van der Waals surface area contributed by atoms with Crippen molar-refractivity contribution < 1.29 is 13.5 Å². The van der Waals surface area contributed by atoms with Gasteiger partial charge in [-0.25, -0.2) is 0 Å². The Kier molecular flexibility index (Phi) is 8.13. The SMILES string of the molecule is C=C(NCCCCCCC)C(F)(F)C(C)OC. The monoisotopic (exact) mass is 249 g/mol. The molecule has 2 nitrogen and oxygen atoms in total. The molecule has 0 aromatic carbocycles. The first kappa shape index (κ1) is 16.4. The quantitative estimate of drug-likeness (QED) is 0.596. The van der Waals surface area contributed by atoms with Crippen molar-refractivity contribution in [1.29, 1.82) is 0 Å². The second kappa shape index (κ2) is 8.45. The average molecular weight is 249 g/mol. The molecule has 0 aliphatic rings. The van der Waals surface area contributed by atoms with Crippen molar-refractivity contribution >= 4 is 0 Å². The van der Waals surface area contributed by atoms with Gasteiger partial charge < -0.3 is 10.1 Å². The van der Waals surface area contributed by atoms with Crippen molar-refractivity contribution in [1.82, 2.24) is 5.32 Å². The van der Waals surface area contributed by atoms with Crippen LogP contribution in [0.1, 0.15) is 46.0 Å². The molecule has 0 aliphatic carbocycles. The molecule has 0 heterocycles. The van der Waals surface area contributed by atoms with E-state index in [0.717, 1.165) is 19.3 Å². The Morgan fingerprint density at radius 1 is 1.29 bits per heavy atom. The molecule has 0 fully saturated rings. The van der Waals surface area contributed by atoms with Crippen molar-refractivity contribution in [2.45, 2.75) is 58.0 Å². The van der Waals surface area contributed by atoms with Crippen LogP contribution in [0.25, 0.3) is 0 Å². The topological polar surface area (TPSA) is 21.3 Å². The highest BCUT2D eigenvalue weighted by Crippen LogP contribution is 2.26. The summed E-state index contributed by atoms with van der Waals surface area (Å²) in [4.78, 5) is 0. The first-order valence-corrected chi connectivity index (χ1v) is 6.30. The maximum Gasteiger partial charge on any atom is 0.311 e. The van der Waals surface area contributed by atoms with Crippen molar-refractivity contribution in [3.63, 3.8) is 0 Å². The van der Waals surface area contributed by atoms with Crippen LogP contribution in [0, 0.1) is 0 Å². The van der Waals surface area contributed by atoms with Crippen LogP contribution in [0.5, 0.6) is 0 Å². The van der Waals surface area contributed by atoms with E-state index >= 15 is 0 Å². The van der Waals surface area contributed by atoms with Crippen molar-refractivity contribution in [3.8, 4) is 0 Å². The molecule has 1 unspecified atom stereocenters. The van der Waals surface area contributed by atoms with E-state index in [1.807, 2.05) is 0 Å². The normalized spacial score (nSPS) is 13.5. The van der Waals surface area contributed by atoms with Gasteiger partial charge in [0.15, 0.2) is 0 Å². The Morgan fingerprint density at radius 3 is 2.41 bits per heavy atom. The molecule has 0 rings (SSSR count). The molecule has 1 N–H and O–H groups in total. The summed E-state index contributed by atoms with van der Waals surface area (Å²) in [7, 11) is 1.27. The van der Waals surface area contributed by atoms with Crippen LogP contribution in [-0.2, 0) is 4.74 Å². The Balaban J connectivity index is 3.78. The first-order chi connectivity index (χ1) is 7.96. The largest absolute Gasteiger partial charge is 0.384 e. The fourth-order valence-corrected chi connectivity index (χ4v) is 1.48. The van der Waals surface area contributed by atoms with E-state index in [0.29, 0.717) is 6.54 Å². The third-order valence-corrected chi connectivity index (χ3v) is 2.89. The molecule has 0 aliphatic heterocycles. The molecular formula is C13H25F2NO. The van der Waals surface area contributed by atoms with Gasteiger partial charge >= 0.3 is 5.92 Å². The van der Waals surface area contributed by atoms with Gasteiger partial charge in [-0.15, -0.1) is 0 Å². The highest BCUT2D eigenvalue weighted by molar-refractivity contribution is 5.07. The van der Waals surface area contributed by atoms with Crippen molar-refractivity contribution in [3.05, 3.63) is 12.3 Å². The van der Waals surface area contributed by atoms with Gasteiger partial charge in [0, 0.05) is 13.7 Å². The lowest BCUT2D eigenvalue weighted by Crippen LogP contribution is -2.40. The summed E-state index contributed by atoms with van der Waals surface area (Å²) in [6, 6.07) is 0. The molecule has 0 saturated heterocycles. The smallest absolute Gasteiger partial charge is 0.311 e. The second-order valence-corrected chi connectivity index (χ2v) is 4.32. The Hall–Kier alpha value is -0.640. The zero-order chi connectivity index (χ0) is 13.3. The number of ether oxygens (including phenoxy) is 1. The maximum absolute atomic E-state index is 13.6. The maximum atomic E-state index is 13.6. The van der Waals surface area contributed by atoms with E-state index in [1.165, 1.54) is 26.9 Å². The molecule has 0 aromatic rings. The lowest BCUT2D eigenvalue weighted by atomic mass is 10.1. The Morgan fingerprint density at radius 2 is 1.88 bits per heavy atom. The molecule has 4 heteroatoms. The number of alkyl halides is 2. The van der Waals surface area contributed by atoms with E-state index in [9.17, 15) is 8.78 Å². The third kappa shape index (κ3) is 6.01. The number of halogens is 2. The van der Waals surface area contributed by atoms with E-state index in [-0.39, 0.29) is 5.70 Å². The van der Waals surface area contributed by atoms with Crippen LogP contribution in [0.3, 0.4) is 0 Å². The zero-order valence-electron chi connectivity index (χ0n) is 11.2. The van der Waals surface area contributed by atoms with Gasteiger partial charge in [0.05, 0.1) is 5.70 Å². The van der Waals surface area contributed by atoms with Crippen LogP contribution >= 0.6 is 0 Å². The van der Waals surface area contributed by atoms with E-state index in [4.69, 9.17) is 0 Å². The molecule has 17 heavy (non-hydrogen) atoms. The first-order valence-electron chi connectivity index (χ1n) is 6.30. The number of methoxy groups -OCH3 is 1. The van der Waals surface area contributed by atoms with E-state index in [2.05, 4.69) is 23.6 Å². The summed E-state index contributed by atoms with van der Waals surface area (Å²) in [5.74, 6) is -3.02. The van der Waals surface area contributed by atoms with Gasteiger partial charge in [-0.3, -0.25) is 0 Å². The summed E-state index contributed by atoms with van der Waals surface area (Å²) in [6.07, 6.45) is 4.37. The summed E-state index contributed by atoms with van der Waals surface area (Å²) < 4.78 is 31.8. The molecule has 0 saturated carbocycles. The summed E-state index contributed by atoms with van der Waals surface area (Å²) >= 11 is 0. The third-order valence-electron chi connectivity index (χ3n) is 2.89. The summed E-state index contributed by atoms with van der Waals surface area (Å²) in [5.41, 5.74) is -0.248. The second-order valence-electron chi connectivity index (χ2n) is 4.32. The molecule has 0 aromatic heterocycles. The number of hydrogen-bond acceptors (Lipinski definition) is 2. The number of nitrogens with one attached hydrogen (secondary N) is 1. The summed E-state index contributed by atoms with van der Waals surface area (Å²) in [6.45, 7) is 7.43. The molecular weight excluding hydrogens is 224 g/mol. The minimum Gasteiger partial charge on any atom is -0.384 e. The van der Waals surface area contributed by atoms with E-state index in [1.54, 1.807) is 0 Å². The highest BCUT2D eigenvalue weighted by Gasteiger charge is 2.39. The lowest BCUT2D eigenvalue weighted by molar-refractivity contribution is -0.0912. The standard InChI is InChI=1S/C13H25F2NO/c1-5-6-7-8-9-10-16-11(2)13(14,15)12(3)17-4/h12,16H,2,5-10H2,1,3-4H3. The minimum atomic E-state index is -3.02. The van der Waals surface area contributed by atoms with Crippen LogP contribution in [0.4, 0.5) is 8.78 Å². The van der Waals surface area contributed by atoms with Gasteiger partial charge in [-0.2, -0.15) is 8.78 Å². The fraction of sp³-hybridized carbons (Fsp3) is 0.846. The highest BCUT2D eigenvalue weighted by atomic mass is 19.3. The predicted octanol–water partition coefficient (Wildman–Crippen LogP) is 3.73. The number of unbranched alkanes of at least 4 members (excludes halogenated alkanes) is 4. The number of rotatable bonds is 10. The molecule has 102 valence electrons. The van der Waals surface area contributed by atoms with Gasteiger partial charge in [0.2, 0.25) is 0 Å². The molecule has 1 atom stereocenters. The zero-order valence-corrected chi connectivity index (χ0v) is 11.2. The van der Waals surface area contributed by atoms with Crippen molar-refractivity contribution in [2.75, 3.05) is 13.7 Å². The van der Waals surface area contributed by atoms with Gasteiger partial charge in [-0.1, -0.05) is 39.2 Å². The molecule has 0 amide bonds. The fourth-order valence-electron chi connectivity index (χ4n) is 1.48. The predicted molar refractivity (Wildman–Crippen MR) is 67.3 cm³/mol. The van der Waals surface area contributed by atoms with Crippen molar-refractivity contribution in [2.24, 2.45) is 0 Å². The van der Waals surface area contributed by atoms with Crippen LogP contribution < -0.4 is 5.32 Å². The number of hydrogen-bond donors (Lipinski definition) is 1. The van der Waals surface area contributed by atoms with Crippen LogP contribution in [0.2, 0.25) is 0 Å². The van der Waals surface area contributed by atoms with E-state index < -0.39 is 12.0 Å². The molecule has 0 bridgehead atoms. The summed E-state index contributed by atoms with van der Waals surface area (Å²) in [5, 5.41) is 2.69. The lowest BCUT2D eigenvalue weighted by Gasteiger charge is -2.25.